The number of amides is 1. The number of carbonyl (C=O) groups is 1. The van der Waals surface area contributed by atoms with E-state index in [2.05, 4.69) is 12.2 Å². The first-order valence-corrected chi connectivity index (χ1v) is 8.34. The molecule has 2 aromatic carbocycles. The third-order valence-corrected chi connectivity index (χ3v) is 3.88. The highest BCUT2D eigenvalue weighted by Gasteiger charge is 2.07. The Morgan fingerprint density at radius 1 is 1.12 bits per heavy atom. The lowest BCUT2D eigenvalue weighted by atomic mass is 10.1. The lowest BCUT2D eigenvalue weighted by molar-refractivity contribution is -0.117. The maximum Gasteiger partial charge on any atom is 0.238 e. The molecule has 0 bridgehead atoms. The molecule has 0 saturated heterocycles. The summed E-state index contributed by atoms with van der Waals surface area (Å²) >= 11 is 0. The van der Waals surface area contributed by atoms with Gasteiger partial charge in [0.05, 0.1) is 6.54 Å². The molecule has 128 valence electrons. The molecule has 2 aromatic rings. The van der Waals surface area contributed by atoms with Crippen LogP contribution in [0.3, 0.4) is 0 Å². The first-order valence-electron chi connectivity index (χ1n) is 8.34. The third kappa shape index (κ3) is 5.70. The highest BCUT2D eigenvalue weighted by Crippen LogP contribution is 2.15. The van der Waals surface area contributed by atoms with E-state index in [-0.39, 0.29) is 5.91 Å². The molecule has 4 heteroatoms. The van der Waals surface area contributed by atoms with Crippen molar-refractivity contribution < 1.29 is 9.53 Å². The number of aryl methyl sites for hydroxylation is 2. The molecule has 0 atom stereocenters. The summed E-state index contributed by atoms with van der Waals surface area (Å²) in [7, 11) is 1.92. The van der Waals surface area contributed by atoms with E-state index in [9.17, 15) is 4.79 Å². The molecule has 2 rings (SSSR count). The van der Waals surface area contributed by atoms with Crippen LogP contribution in [0.4, 0.5) is 5.69 Å². The van der Waals surface area contributed by atoms with E-state index in [0.29, 0.717) is 19.7 Å². The molecule has 0 aliphatic rings. The number of benzene rings is 2. The largest absolute Gasteiger partial charge is 0.492 e. The lowest BCUT2D eigenvalue weighted by Gasteiger charge is -2.17. The number of nitrogens with zero attached hydrogens (tertiary/aromatic N) is 1. The van der Waals surface area contributed by atoms with E-state index in [1.165, 1.54) is 5.56 Å². The van der Waals surface area contributed by atoms with Gasteiger partial charge in [-0.2, -0.15) is 0 Å². The number of hydrogen-bond donors (Lipinski definition) is 1. The zero-order chi connectivity index (χ0) is 17.4. The van der Waals surface area contributed by atoms with Crippen molar-refractivity contribution in [3.05, 3.63) is 59.7 Å². The van der Waals surface area contributed by atoms with Crippen molar-refractivity contribution in [2.45, 2.75) is 20.3 Å². The maximum atomic E-state index is 12.1. The summed E-state index contributed by atoms with van der Waals surface area (Å²) in [4.78, 5) is 14.0. The zero-order valence-electron chi connectivity index (χ0n) is 14.7. The van der Waals surface area contributed by atoms with Gasteiger partial charge in [0.1, 0.15) is 12.4 Å². The number of ether oxygens (including phenoxy) is 1. The molecule has 0 saturated carbocycles. The second-order valence-electron chi connectivity index (χ2n) is 5.95. The van der Waals surface area contributed by atoms with Crippen LogP contribution >= 0.6 is 0 Å². The topological polar surface area (TPSA) is 41.6 Å². The van der Waals surface area contributed by atoms with Gasteiger partial charge < -0.3 is 10.1 Å². The van der Waals surface area contributed by atoms with Gasteiger partial charge in [-0.3, -0.25) is 9.69 Å². The van der Waals surface area contributed by atoms with Crippen LogP contribution in [0.15, 0.2) is 48.5 Å². The van der Waals surface area contributed by atoms with Gasteiger partial charge in [0.25, 0.3) is 0 Å². The van der Waals surface area contributed by atoms with Crippen molar-refractivity contribution in [2.75, 3.05) is 32.1 Å². The van der Waals surface area contributed by atoms with E-state index in [1.54, 1.807) is 0 Å². The highest BCUT2D eigenvalue weighted by molar-refractivity contribution is 5.92. The Kier molecular flexibility index (Phi) is 6.82. The minimum absolute atomic E-state index is 0.0161. The summed E-state index contributed by atoms with van der Waals surface area (Å²) < 4.78 is 5.76. The van der Waals surface area contributed by atoms with Crippen molar-refractivity contribution in [3.8, 4) is 5.75 Å². The van der Waals surface area contributed by atoms with Crippen LogP contribution in [0, 0.1) is 6.92 Å². The summed E-state index contributed by atoms with van der Waals surface area (Å²) in [5, 5.41) is 2.92. The molecule has 0 heterocycles. The molecule has 0 spiro atoms. The number of anilines is 1. The molecule has 0 aliphatic carbocycles. The van der Waals surface area contributed by atoms with Gasteiger partial charge in [0.2, 0.25) is 5.91 Å². The van der Waals surface area contributed by atoms with Crippen LogP contribution in [-0.4, -0.2) is 37.6 Å². The van der Waals surface area contributed by atoms with Crippen molar-refractivity contribution >= 4 is 11.6 Å². The highest BCUT2D eigenvalue weighted by atomic mass is 16.5. The molecule has 0 unspecified atom stereocenters. The minimum atomic E-state index is -0.0161. The molecule has 24 heavy (non-hydrogen) atoms. The van der Waals surface area contributed by atoms with Gasteiger partial charge in [0, 0.05) is 12.2 Å². The molecule has 1 amide bonds. The van der Waals surface area contributed by atoms with E-state index in [0.717, 1.165) is 23.4 Å². The second-order valence-corrected chi connectivity index (χ2v) is 5.95. The first kappa shape index (κ1) is 18.0. The number of carbonyl (C=O) groups excluding carboxylic acids is 1. The van der Waals surface area contributed by atoms with Gasteiger partial charge in [-0.25, -0.2) is 0 Å². The number of para-hydroxylation sites is 1. The standard InChI is InChI=1S/C20H26N2O2/c1-4-17-9-11-18(12-10-17)21-20(23)15-22(3)13-14-24-19-8-6-5-7-16(19)2/h5-12H,4,13-15H2,1-3H3,(H,21,23). The monoisotopic (exact) mass is 326 g/mol. The maximum absolute atomic E-state index is 12.1. The van der Waals surface area contributed by atoms with Gasteiger partial charge in [-0.1, -0.05) is 37.3 Å². The number of nitrogens with one attached hydrogen (secondary N) is 1. The Morgan fingerprint density at radius 2 is 1.83 bits per heavy atom. The molecule has 4 nitrogen and oxygen atoms in total. The first-order chi connectivity index (χ1) is 11.6. The fourth-order valence-electron chi connectivity index (χ4n) is 2.38. The van der Waals surface area contributed by atoms with Crippen LogP contribution in [0.1, 0.15) is 18.1 Å². The summed E-state index contributed by atoms with van der Waals surface area (Å²) in [5.74, 6) is 0.879. The number of likely N-dealkylation sites (N-methyl/N-ethyl adjacent to an activating group) is 1. The minimum Gasteiger partial charge on any atom is -0.492 e. The van der Waals surface area contributed by atoms with Crippen LogP contribution in [0.5, 0.6) is 5.75 Å². The molecule has 1 N–H and O–H groups in total. The van der Waals surface area contributed by atoms with Crippen LogP contribution in [0.2, 0.25) is 0 Å². The Balaban J connectivity index is 1.72. The molecular formula is C20H26N2O2. The van der Waals surface area contributed by atoms with Crippen LogP contribution in [0.25, 0.3) is 0 Å². The van der Waals surface area contributed by atoms with E-state index in [1.807, 2.05) is 67.4 Å². The SMILES string of the molecule is CCc1ccc(NC(=O)CN(C)CCOc2ccccc2C)cc1. The molecule has 0 aliphatic heterocycles. The molecule has 0 radical (unpaired) electrons. The van der Waals surface area contributed by atoms with E-state index in [4.69, 9.17) is 4.74 Å². The van der Waals surface area contributed by atoms with Crippen LogP contribution in [-0.2, 0) is 11.2 Å². The van der Waals surface area contributed by atoms with Gasteiger partial charge in [-0.05, 0) is 49.7 Å². The van der Waals surface area contributed by atoms with Crippen molar-refractivity contribution in [2.24, 2.45) is 0 Å². The fraction of sp³-hybridized carbons (Fsp3) is 0.350. The average molecular weight is 326 g/mol. The predicted octanol–water partition coefficient (Wildman–Crippen LogP) is 3.51. The third-order valence-electron chi connectivity index (χ3n) is 3.88. The predicted molar refractivity (Wildman–Crippen MR) is 98.6 cm³/mol. The molecule has 0 fully saturated rings. The van der Waals surface area contributed by atoms with Gasteiger partial charge in [-0.15, -0.1) is 0 Å². The Hall–Kier alpha value is -2.33. The van der Waals surface area contributed by atoms with E-state index >= 15 is 0 Å². The van der Waals surface area contributed by atoms with Crippen molar-refractivity contribution in [3.63, 3.8) is 0 Å². The zero-order valence-corrected chi connectivity index (χ0v) is 14.7. The fourth-order valence-corrected chi connectivity index (χ4v) is 2.38. The van der Waals surface area contributed by atoms with Gasteiger partial charge in [0.15, 0.2) is 0 Å². The number of rotatable bonds is 8. The molecule has 0 aromatic heterocycles. The summed E-state index contributed by atoms with van der Waals surface area (Å²) in [6.07, 6.45) is 0.998. The number of hydrogen-bond acceptors (Lipinski definition) is 3. The normalized spacial score (nSPS) is 10.7. The van der Waals surface area contributed by atoms with E-state index < -0.39 is 0 Å². The summed E-state index contributed by atoms with van der Waals surface area (Å²) in [5.41, 5.74) is 3.22. The van der Waals surface area contributed by atoms with Crippen molar-refractivity contribution in [1.29, 1.82) is 0 Å². The lowest BCUT2D eigenvalue weighted by Crippen LogP contribution is -2.33. The summed E-state index contributed by atoms with van der Waals surface area (Å²) in [6.45, 7) is 5.72. The molecular weight excluding hydrogens is 300 g/mol. The smallest absolute Gasteiger partial charge is 0.238 e. The summed E-state index contributed by atoms with van der Waals surface area (Å²) in [6, 6.07) is 15.9. The van der Waals surface area contributed by atoms with Crippen molar-refractivity contribution in [1.82, 2.24) is 4.90 Å². The van der Waals surface area contributed by atoms with Gasteiger partial charge >= 0.3 is 0 Å². The Morgan fingerprint density at radius 3 is 2.50 bits per heavy atom. The van der Waals surface area contributed by atoms with Crippen LogP contribution < -0.4 is 10.1 Å². The second kappa shape index (κ2) is 9.08. The quantitative estimate of drug-likeness (QED) is 0.807. The Bertz CT molecular complexity index is 653. The average Bonchev–Trinajstić information content (AvgIpc) is 2.57. The Labute approximate surface area is 144 Å².